The van der Waals surface area contributed by atoms with E-state index >= 15 is 0 Å². The van der Waals surface area contributed by atoms with Crippen molar-refractivity contribution in [2.24, 2.45) is 5.84 Å². The molecule has 0 aliphatic carbocycles. The van der Waals surface area contributed by atoms with E-state index in [0.717, 1.165) is 0 Å². The number of carbonyl (C=O) groups excluding carboxylic acids is 1. The van der Waals surface area contributed by atoms with E-state index in [4.69, 9.17) is 5.84 Å². The Morgan fingerprint density at radius 2 is 2.38 bits per heavy atom. The second-order valence-electron chi connectivity index (χ2n) is 3.19. The predicted octanol–water partition coefficient (Wildman–Crippen LogP) is 0.243. The van der Waals surface area contributed by atoms with Crippen LogP contribution in [0.1, 0.15) is 17.4 Å². The van der Waals surface area contributed by atoms with E-state index in [9.17, 15) is 4.79 Å². The highest BCUT2D eigenvalue weighted by Crippen LogP contribution is 2.04. The normalized spacial score (nSPS) is 11.9. The van der Waals surface area contributed by atoms with Gasteiger partial charge in [-0.1, -0.05) is 6.92 Å². The van der Waals surface area contributed by atoms with Gasteiger partial charge in [0, 0.05) is 11.8 Å². The maximum atomic E-state index is 11.6. The van der Waals surface area contributed by atoms with Crippen LogP contribution >= 0.6 is 11.8 Å². The fourth-order valence-electron chi connectivity index (χ4n) is 0.955. The topological polar surface area (TPSA) is 92.9 Å². The largest absolute Gasteiger partial charge is 0.350 e. The standard InChI is InChI=1S/C9H15N5OS/c1-6(16-2)3-12-9(15)7-4-11-5-8(13-7)14-10/h4-6H,3,10H2,1-2H3,(H,12,15)(H,13,14). The molecule has 0 saturated heterocycles. The molecule has 0 saturated carbocycles. The molecular weight excluding hydrogens is 226 g/mol. The van der Waals surface area contributed by atoms with Crippen LogP contribution in [0, 0.1) is 0 Å². The molecule has 16 heavy (non-hydrogen) atoms. The van der Waals surface area contributed by atoms with Crippen LogP contribution in [-0.2, 0) is 0 Å². The van der Waals surface area contributed by atoms with Gasteiger partial charge in [-0.2, -0.15) is 11.8 Å². The first kappa shape index (κ1) is 12.7. The van der Waals surface area contributed by atoms with Gasteiger partial charge in [-0.25, -0.2) is 10.8 Å². The molecule has 1 unspecified atom stereocenters. The summed E-state index contributed by atoms with van der Waals surface area (Å²) in [4.78, 5) is 19.5. The van der Waals surface area contributed by atoms with Gasteiger partial charge in [0.05, 0.1) is 12.4 Å². The number of thioether (sulfide) groups is 1. The molecule has 1 aromatic heterocycles. The van der Waals surface area contributed by atoms with Crippen LogP contribution in [0.25, 0.3) is 0 Å². The third-order valence-corrected chi connectivity index (χ3v) is 2.94. The number of nitrogens with zero attached hydrogens (tertiary/aromatic N) is 2. The molecule has 1 rings (SSSR count). The van der Waals surface area contributed by atoms with Crippen LogP contribution < -0.4 is 16.6 Å². The van der Waals surface area contributed by atoms with Gasteiger partial charge in [-0.15, -0.1) is 0 Å². The van der Waals surface area contributed by atoms with Crippen molar-refractivity contribution in [3.05, 3.63) is 18.1 Å². The van der Waals surface area contributed by atoms with Gasteiger partial charge in [0.2, 0.25) is 0 Å². The molecule has 7 heteroatoms. The molecular formula is C9H15N5OS. The number of carbonyl (C=O) groups is 1. The van der Waals surface area contributed by atoms with Crippen LogP contribution in [0.3, 0.4) is 0 Å². The SMILES string of the molecule is CSC(C)CNC(=O)c1cncc(NN)n1. The van der Waals surface area contributed by atoms with Gasteiger partial charge in [0.1, 0.15) is 5.69 Å². The molecule has 0 bridgehead atoms. The molecule has 1 aromatic rings. The number of hydrogen-bond acceptors (Lipinski definition) is 6. The quantitative estimate of drug-likeness (QED) is 0.505. The average Bonchev–Trinajstić information content (AvgIpc) is 2.35. The highest BCUT2D eigenvalue weighted by molar-refractivity contribution is 7.99. The number of hydrogen-bond donors (Lipinski definition) is 3. The van der Waals surface area contributed by atoms with Crippen molar-refractivity contribution < 1.29 is 4.79 Å². The van der Waals surface area contributed by atoms with Crippen molar-refractivity contribution in [1.29, 1.82) is 0 Å². The van der Waals surface area contributed by atoms with Crippen LogP contribution in [0.4, 0.5) is 5.82 Å². The summed E-state index contributed by atoms with van der Waals surface area (Å²) in [6, 6.07) is 0. The molecule has 4 N–H and O–H groups in total. The number of amides is 1. The Labute approximate surface area is 98.4 Å². The number of nitrogens with two attached hydrogens (primary N) is 1. The first-order chi connectivity index (χ1) is 7.67. The lowest BCUT2D eigenvalue weighted by molar-refractivity contribution is 0.0949. The van der Waals surface area contributed by atoms with Crippen molar-refractivity contribution in [1.82, 2.24) is 15.3 Å². The van der Waals surface area contributed by atoms with Gasteiger partial charge in [-0.3, -0.25) is 9.78 Å². The zero-order valence-corrected chi connectivity index (χ0v) is 10.0. The third-order valence-electron chi connectivity index (χ3n) is 1.97. The molecule has 0 spiro atoms. The van der Waals surface area contributed by atoms with Gasteiger partial charge >= 0.3 is 0 Å². The first-order valence-corrected chi connectivity index (χ1v) is 6.05. The second-order valence-corrected chi connectivity index (χ2v) is 4.47. The first-order valence-electron chi connectivity index (χ1n) is 4.77. The molecule has 1 heterocycles. The van der Waals surface area contributed by atoms with Gasteiger partial charge in [0.15, 0.2) is 5.82 Å². The number of hydrazine groups is 1. The van der Waals surface area contributed by atoms with Crippen LogP contribution in [0.2, 0.25) is 0 Å². The van der Waals surface area contributed by atoms with E-state index in [1.54, 1.807) is 11.8 Å². The second kappa shape index (κ2) is 6.29. The van der Waals surface area contributed by atoms with E-state index in [1.165, 1.54) is 12.4 Å². The Morgan fingerprint density at radius 3 is 3.00 bits per heavy atom. The zero-order valence-electron chi connectivity index (χ0n) is 9.23. The Kier molecular flexibility index (Phi) is 5.00. The Hall–Kier alpha value is -1.34. The van der Waals surface area contributed by atoms with Crippen LogP contribution in [-0.4, -0.2) is 33.9 Å². The number of nitrogen functional groups attached to an aromatic ring is 1. The number of anilines is 1. The van der Waals surface area contributed by atoms with Crippen LogP contribution in [0.5, 0.6) is 0 Å². The Morgan fingerprint density at radius 1 is 1.62 bits per heavy atom. The van der Waals surface area contributed by atoms with Gasteiger partial charge < -0.3 is 10.7 Å². The van der Waals surface area contributed by atoms with E-state index in [2.05, 4.69) is 20.7 Å². The maximum absolute atomic E-state index is 11.6. The number of aromatic nitrogens is 2. The van der Waals surface area contributed by atoms with Gasteiger partial charge in [0.25, 0.3) is 5.91 Å². The van der Waals surface area contributed by atoms with E-state index in [-0.39, 0.29) is 11.6 Å². The summed E-state index contributed by atoms with van der Waals surface area (Å²) in [5.74, 6) is 5.30. The molecule has 6 nitrogen and oxygen atoms in total. The van der Waals surface area contributed by atoms with Crippen LogP contribution in [0.15, 0.2) is 12.4 Å². The zero-order chi connectivity index (χ0) is 12.0. The Balaban J connectivity index is 2.58. The lowest BCUT2D eigenvalue weighted by atomic mass is 10.4. The average molecular weight is 241 g/mol. The molecule has 0 aliphatic rings. The van der Waals surface area contributed by atoms with Crippen molar-refractivity contribution in [2.75, 3.05) is 18.2 Å². The number of rotatable bonds is 5. The van der Waals surface area contributed by atoms with Crippen molar-refractivity contribution in [2.45, 2.75) is 12.2 Å². The molecule has 0 fully saturated rings. The summed E-state index contributed by atoms with van der Waals surface area (Å²) in [7, 11) is 0. The smallest absolute Gasteiger partial charge is 0.271 e. The minimum atomic E-state index is -0.245. The lowest BCUT2D eigenvalue weighted by Gasteiger charge is -2.09. The molecule has 0 aromatic carbocycles. The van der Waals surface area contributed by atoms with Crippen molar-refractivity contribution >= 4 is 23.5 Å². The molecule has 1 amide bonds. The minimum absolute atomic E-state index is 0.245. The molecule has 88 valence electrons. The number of nitrogens with one attached hydrogen (secondary N) is 2. The van der Waals surface area contributed by atoms with E-state index < -0.39 is 0 Å². The maximum Gasteiger partial charge on any atom is 0.271 e. The van der Waals surface area contributed by atoms with Gasteiger partial charge in [-0.05, 0) is 6.26 Å². The van der Waals surface area contributed by atoms with Crippen molar-refractivity contribution in [3.8, 4) is 0 Å². The summed E-state index contributed by atoms with van der Waals surface area (Å²) >= 11 is 1.69. The minimum Gasteiger partial charge on any atom is -0.350 e. The van der Waals surface area contributed by atoms with Crippen molar-refractivity contribution in [3.63, 3.8) is 0 Å². The third kappa shape index (κ3) is 3.67. The molecule has 0 aliphatic heterocycles. The summed E-state index contributed by atoms with van der Waals surface area (Å²) in [5, 5.41) is 3.14. The summed E-state index contributed by atoms with van der Waals surface area (Å²) < 4.78 is 0. The summed E-state index contributed by atoms with van der Waals surface area (Å²) in [6.07, 6.45) is 4.84. The molecule has 0 radical (unpaired) electrons. The molecule has 1 atom stereocenters. The lowest BCUT2D eigenvalue weighted by Crippen LogP contribution is -2.30. The monoisotopic (exact) mass is 241 g/mol. The van der Waals surface area contributed by atoms with E-state index in [1.807, 2.05) is 13.2 Å². The van der Waals surface area contributed by atoms with E-state index in [0.29, 0.717) is 17.6 Å². The fraction of sp³-hybridized carbons (Fsp3) is 0.444. The summed E-state index contributed by atoms with van der Waals surface area (Å²) in [5.41, 5.74) is 2.59. The Bertz CT molecular complexity index is 360. The fourth-order valence-corrected chi connectivity index (χ4v) is 1.21. The highest BCUT2D eigenvalue weighted by atomic mass is 32.2. The highest BCUT2D eigenvalue weighted by Gasteiger charge is 2.09. The predicted molar refractivity (Wildman–Crippen MR) is 65.2 cm³/mol. The summed E-state index contributed by atoms with van der Waals surface area (Å²) in [6.45, 7) is 2.64.